The average Bonchev–Trinajstić information content (AvgIpc) is 2.26. The number of rotatable bonds is 7. The first-order valence-electron chi connectivity index (χ1n) is 4.20. The summed E-state index contributed by atoms with van der Waals surface area (Å²) < 4.78 is 9.75. The van der Waals surface area contributed by atoms with Crippen molar-refractivity contribution in [3.05, 3.63) is 0 Å². The highest BCUT2D eigenvalue weighted by Crippen LogP contribution is 1.76. The molecule has 0 unspecified atom stereocenters. The molecule has 8 nitrogen and oxygen atoms in total. The molecule has 8 heteroatoms. The highest BCUT2D eigenvalue weighted by Gasteiger charge is 1.86. The zero-order chi connectivity index (χ0) is 13.1. The number of nitrogens with one attached hydrogen (secondary N) is 2. The predicted molar refractivity (Wildman–Crippen MR) is 52.6 cm³/mol. The van der Waals surface area contributed by atoms with Crippen molar-refractivity contribution in [3.8, 4) is 0 Å². The zero-order valence-electron chi connectivity index (χ0n) is 8.77. The van der Waals surface area contributed by atoms with Crippen molar-refractivity contribution in [3.63, 3.8) is 0 Å². The molecule has 0 saturated heterocycles. The molecule has 94 valence electrons. The number of hydrogen-bond donors (Lipinski definition) is 4. The molecule has 0 radical (unpaired) electrons. The molecule has 0 atom stereocenters. The van der Waals surface area contributed by atoms with Crippen molar-refractivity contribution in [2.75, 3.05) is 39.6 Å². The fraction of sp³-hybridized carbons (Fsp3) is 0.750. The largest absolute Gasteiger partial charge is 0.394 e. The van der Waals surface area contributed by atoms with E-state index in [2.05, 4.69) is 0 Å². The molecule has 0 heterocycles. The Morgan fingerprint density at radius 2 is 1.06 bits per heavy atom. The van der Waals surface area contributed by atoms with Gasteiger partial charge in [-0.3, -0.25) is 0 Å². The van der Waals surface area contributed by atoms with Crippen LogP contribution in [0.25, 0.3) is 0 Å². The maximum Gasteiger partial charge on any atom is 0.231 e. The standard InChI is InChI=1S/C6H14O4.2CHNO/c7-1-3-9-5-6-10-4-2-8;2*2-1-3/h7-8H,1-6H2;2*2H. The van der Waals surface area contributed by atoms with Gasteiger partial charge >= 0.3 is 0 Å². The quantitative estimate of drug-likeness (QED) is 0.249. The number of isocyanates is 2. The Balaban J connectivity index is -0.000000235. The van der Waals surface area contributed by atoms with Crippen LogP contribution in [0.1, 0.15) is 0 Å². The van der Waals surface area contributed by atoms with E-state index in [1.807, 2.05) is 0 Å². The van der Waals surface area contributed by atoms with Gasteiger partial charge in [-0.15, -0.1) is 0 Å². The summed E-state index contributed by atoms with van der Waals surface area (Å²) in [6.45, 7) is 1.73. The van der Waals surface area contributed by atoms with Crippen molar-refractivity contribution in [2.45, 2.75) is 0 Å². The van der Waals surface area contributed by atoms with Gasteiger partial charge in [-0.25, -0.2) is 20.4 Å². The Hall–Kier alpha value is -1.40. The maximum atomic E-state index is 8.35. The minimum absolute atomic E-state index is 0.0417. The summed E-state index contributed by atoms with van der Waals surface area (Å²) >= 11 is 0. The van der Waals surface area contributed by atoms with Crippen LogP contribution in [0.4, 0.5) is 0 Å². The third-order valence-electron chi connectivity index (χ3n) is 0.843. The van der Waals surface area contributed by atoms with Crippen molar-refractivity contribution in [1.82, 2.24) is 0 Å². The van der Waals surface area contributed by atoms with Crippen LogP contribution in [-0.2, 0) is 19.1 Å². The second kappa shape index (κ2) is 29.2. The van der Waals surface area contributed by atoms with Gasteiger partial charge in [0.25, 0.3) is 0 Å². The Morgan fingerprint density at radius 1 is 0.812 bits per heavy atom. The molecule has 16 heavy (non-hydrogen) atoms. The second-order valence-corrected chi connectivity index (χ2v) is 1.88. The summed E-state index contributed by atoms with van der Waals surface area (Å²) in [7, 11) is 0. The first-order chi connectivity index (χ1) is 7.74. The lowest BCUT2D eigenvalue weighted by molar-refractivity contribution is 0.0222. The minimum atomic E-state index is 0.0417. The molecular formula is C8H16N2O6. The van der Waals surface area contributed by atoms with Crippen LogP contribution < -0.4 is 0 Å². The van der Waals surface area contributed by atoms with E-state index in [-0.39, 0.29) is 13.2 Å². The fourth-order valence-electron chi connectivity index (χ4n) is 0.451. The van der Waals surface area contributed by atoms with Crippen LogP contribution >= 0.6 is 0 Å². The molecule has 0 rings (SSSR count). The number of aliphatic hydroxyl groups is 2. The molecule has 0 saturated carbocycles. The molecule has 0 aromatic rings. The lowest BCUT2D eigenvalue weighted by atomic mass is 10.7. The maximum absolute atomic E-state index is 8.35. The van der Waals surface area contributed by atoms with Gasteiger partial charge < -0.3 is 19.7 Å². The Labute approximate surface area is 92.8 Å². The van der Waals surface area contributed by atoms with Gasteiger partial charge in [0.15, 0.2) is 0 Å². The first-order valence-corrected chi connectivity index (χ1v) is 4.20. The lowest BCUT2D eigenvalue weighted by Crippen LogP contribution is -2.09. The predicted octanol–water partition coefficient (Wildman–Crippen LogP) is -1.19. The van der Waals surface area contributed by atoms with E-state index in [0.29, 0.717) is 26.4 Å². The van der Waals surface area contributed by atoms with E-state index in [1.165, 1.54) is 0 Å². The van der Waals surface area contributed by atoms with Crippen LogP contribution in [0.3, 0.4) is 0 Å². The topological polar surface area (TPSA) is 141 Å². The van der Waals surface area contributed by atoms with Crippen LogP contribution in [0, 0.1) is 10.8 Å². The van der Waals surface area contributed by atoms with Gasteiger partial charge in [-0.05, 0) is 0 Å². The van der Waals surface area contributed by atoms with E-state index in [0.717, 1.165) is 12.2 Å². The SMILES string of the molecule is N=C=O.N=C=O.OCCOCCOCCO. The van der Waals surface area contributed by atoms with Crippen molar-refractivity contribution < 1.29 is 29.3 Å². The van der Waals surface area contributed by atoms with Gasteiger partial charge in [0.1, 0.15) is 0 Å². The van der Waals surface area contributed by atoms with Crippen molar-refractivity contribution >= 4 is 12.2 Å². The zero-order valence-corrected chi connectivity index (χ0v) is 8.77. The fourth-order valence-corrected chi connectivity index (χ4v) is 0.451. The molecule has 0 aliphatic carbocycles. The van der Waals surface area contributed by atoms with Crippen LogP contribution in [0.15, 0.2) is 0 Å². The molecule has 0 bridgehead atoms. The highest BCUT2D eigenvalue weighted by molar-refractivity contribution is 5.26. The summed E-state index contributed by atoms with van der Waals surface area (Å²) in [6.07, 6.45) is 1.50. The minimum Gasteiger partial charge on any atom is -0.394 e. The number of hydrogen-bond acceptors (Lipinski definition) is 8. The highest BCUT2D eigenvalue weighted by atomic mass is 16.5. The third kappa shape index (κ3) is 54.1. The smallest absolute Gasteiger partial charge is 0.231 e. The summed E-state index contributed by atoms with van der Waals surface area (Å²) in [6, 6.07) is 0. The van der Waals surface area contributed by atoms with Crippen molar-refractivity contribution in [1.29, 1.82) is 10.8 Å². The second-order valence-electron chi connectivity index (χ2n) is 1.88. The average molecular weight is 236 g/mol. The molecule has 0 amide bonds. The van der Waals surface area contributed by atoms with Gasteiger partial charge in [-0.2, -0.15) is 0 Å². The number of aliphatic hydroxyl groups excluding tert-OH is 2. The molecule has 0 aromatic carbocycles. The van der Waals surface area contributed by atoms with E-state index in [1.54, 1.807) is 0 Å². The van der Waals surface area contributed by atoms with Gasteiger partial charge in [0.2, 0.25) is 12.2 Å². The molecule has 4 N–H and O–H groups in total. The molecule has 0 aliphatic heterocycles. The molecule has 0 fully saturated rings. The van der Waals surface area contributed by atoms with Crippen LogP contribution in [0.5, 0.6) is 0 Å². The number of ether oxygens (including phenoxy) is 2. The molecule has 0 aromatic heterocycles. The van der Waals surface area contributed by atoms with Gasteiger partial charge in [0, 0.05) is 0 Å². The van der Waals surface area contributed by atoms with Crippen LogP contribution in [-0.4, -0.2) is 62.0 Å². The van der Waals surface area contributed by atoms with E-state index in [4.69, 9.17) is 40.1 Å². The Bertz CT molecular complexity index is 155. The number of carbonyl (C=O) groups excluding carboxylic acids is 2. The molecule has 0 aliphatic rings. The molecular weight excluding hydrogens is 220 g/mol. The van der Waals surface area contributed by atoms with Crippen LogP contribution in [0.2, 0.25) is 0 Å². The van der Waals surface area contributed by atoms with Gasteiger partial charge in [-0.1, -0.05) is 0 Å². The lowest BCUT2D eigenvalue weighted by Gasteiger charge is -2.01. The summed E-state index contributed by atoms with van der Waals surface area (Å²) in [5.41, 5.74) is 0. The third-order valence-corrected chi connectivity index (χ3v) is 0.843. The summed E-state index contributed by atoms with van der Waals surface area (Å²) in [5, 5.41) is 27.3. The normalized spacial score (nSPS) is 7.38. The van der Waals surface area contributed by atoms with E-state index >= 15 is 0 Å². The monoisotopic (exact) mass is 236 g/mol. The summed E-state index contributed by atoms with van der Waals surface area (Å²) in [5.74, 6) is 0. The molecule has 0 spiro atoms. The van der Waals surface area contributed by atoms with E-state index < -0.39 is 0 Å². The first kappa shape index (κ1) is 20.1. The van der Waals surface area contributed by atoms with E-state index in [9.17, 15) is 0 Å². The Morgan fingerprint density at radius 3 is 1.25 bits per heavy atom. The van der Waals surface area contributed by atoms with Crippen molar-refractivity contribution in [2.24, 2.45) is 0 Å². The summed E-state index contributed by atoms with van der Waals surface area (Å²) in [4.78, 5) is 16.7. The van der Waals surface area contributed by atoms with Gasteiger partial charge in [0.05, 0.1) is 39.6 Å². The Kier molecular flexibility index (Phi) is 36.6.